The first-order valence-electron chi connectivity index (χ1n) is 9.55. The van der Waals surface area contributed by atoms with Crippen molar-refractivity contribution in [1.29, 1.82) is 0 Å². The van der Waals surface area contributed by atoms with Crippen molar-refractivity contribution in [3.05, 3.63) is 11.6 Å². The number of fused-ring (bicyclic) bond motifs is 1. The summed E-state index contributed by atoms with van der Waals surface area (Å²) in [4.78, 5) is 23.2. The Labute approximate surface area is 152 Å². The van der Waals surface area contributed by atoms with E-state index in [0.29, 0.717) is 11.8 Å². The predicted octanol–water partition coefficient (Wildman–Crippen LogP) is 3.91. The molecule has 4 nitrogen and oxygen atoms in total. The summed E-state index contributed by atoms with van der Waals surface area (Å²) in [6.07, 6.45) is 7.83. The molecule has 0 aromatic carbocycles. The third kappa shape index (κ3) is 3.84. The fourth-order valence-corrected chi connectivity index (χ4v) is 5.69. The lowest BCUT2D eigenvalue weighted by Crippen LogP contribution is -2.56. The van der Waals surface area contributed by atoms with Crippen molar-refractivity contribution in [1.82, 2.24) is 0 Å². The van der Waals surface area contributed by atoms with Crippen molar-refractivity contribution in [2.24, 2.45) is 28.6 Å². The van der Waals surface area contributed by atoms with Crippen LogP contribution in [0.1, 0.15) is 66.2 Å². The highest BCUT2D eigenvalue weighted by atomic mass is 16.5. The number of rotatable bonds is 5. The van der Waals surface area contributed by atoms with Gasteiger partial charge in [-0.15, -0.1) is 0 Å². The molecule has 0 aromatic rings. The van der Waals surface area contributed by atoms with Gasteiger partial charge >= 0.3 is 5.97 Å². The van der Waals surface area contributed by atoms with E-state index in [4.69, 9.17) is 4.74 Å². The van der Waals surface area contributed by atoms with Crippen molar-refractivity contribution in [2.45, 2.75) is 72.3 Å². The third-order valence-electron chi connectivity index (χ3n) is 7.25. The summed E-state index contributed by atoms with van der Waals surface area (Å²) in [5.74, 6) is 0.490. The van der Waals surface area contributed by atoms with Gasteiger partial charge in [-0.25, -0.2) is 4.79 Å². The van der Waals surface area contributed by atoms with Crippen LogP contribution in [0.2, 0.25) is 0 Å². The molecule has 0 aromatic heterocycles. The van der Waals surface area contributed by atoms with Gasteiger partial charge in [0.1, 0.15) is 6.29 Å². The maximum atomic E-state index is 11.7. The Bertz CT molecular complexity index is 536. The van der Waals surface area contributed by atoms with E-state index in [2.05, 4.69) is 20.8 Å². The average molecular weight is 350 g/mol. The first-order chi connectivity index (χ1) is 11.7. The van der Waals surface area contributed by atoms with Crippen LogP contribution in [0.5, 0.6) is 0 Å². The second-order valence-corrected chi connectivity index (χ2v) is 8.97. The maximum Gasteiger partial charge on any atom is 0.330 e. The standard InChI is InChI=1S/C21H34O4/c1-14(12-19(24)25-5)6-8-16-15(13-22)7-9-17-20(2,3)18(23)10-11-21(16,17)4/h12-13,15-18,23H,6-11H2,1-5H3/b14-12-/t15-,16-,17-,18-,21+/m1/s1. The average Bonchev–Trinajstić information content (AvgIpc) is 2.56. The minimum atomic E-state index is -0.320. The van der Waals surface area contributed by atoms with Crippen LogP contribution in [-0.2, 0) is 14.3 Å². The molecule has 0 bridgehead atoms. The normalized spacial score (nSPS) is 37.9. The number of aldehydes is 1. The van der Waals surface area contributed by atoms with E-state index in [-0.39, 0.29) is 28.8 Å². The van der Waals surface area contributed by atoms with Crippen molar-refractivity contribution < 1.29 is 19.4 Å². The van der Waals surface area contributed by atoms with Crippen LogP contribution in [0.15, 0.2) is 11.6 Å². The third-order valence-corrected chi connectivity index (χ3v) is 7.25. The fourth-order valence-electron chi connectivity index (χ4n) is 5.69. The summed E-state index contributed by atoms with van der Waals surface area (Å²) >= 11 is 0. The van der Waals surface area contributed by atoms with Gasteiger partial charge < -0.3 is 14.6 Å². The van der Waals surface area contributed by atoms with Crippen LogP contribution in [0.4, 0.5) is 0 Å². The van der Waals surface area contributed by atoms with Crippen molar-refractivity contribution in [2.75, 3.05) is 7.11 Å². The Hall–Kier alpha value is -1.16. The summed E-state index contributed by atoms with van der Waals surface area (Å²) < 4.78 is 4.70. The van der Waals surface area contributed by atoms with E-state index in [1.807, 2.05) is 6.92 Å². The van der Waals surface area contributed by atoms with Gasteiger partial charge in [-0.05, 0) is 68.1 Å². The van der Waals surface area contributed by atoms with Gasteiger partial charge in [0.05, 0.1) is 13.2 Å². The molecule has 1 N–H and O–H groups in total. The molecule has 0 radical (unpaired) electrons. The van der Waals surface area contributed by atoms with E-state index in [1.165, 1.54) is 7.11 Å². The van der Waals surface area contributed by atoms with E-state index in [0.717, 1.165) is 50.4 Å². The Kier molecular flexibility index (Phi) is 6.13. The topological polar surface area (TPSA) is 63.6 Å². The summed E-state index contributed by atoms with van der Waals surface area (Å²) in [5.41, 5.74) is 0.950. The maximum absolute atomic E-state index is 11.7. The van der Waals surface area contributed by atoms with Gasteiger partial charge in [0.25, 0.3) is 0 Å². The number of esters is 1. The highest BCUT2D eigenvalue weighted by molar-refractivity contribution is 5.82. The second-order valence-electron chi connectivity index (χ2n) is 8.97. The Balaban J connectivity index is 2.22. The number of ether oxygens (including phenoxy) is 1. The molecule has 2 aliphatic carbocycles. The molecule has 5 atom stereocenters. The molecule has 0 aliphatic heterocycles. The summed E-state index contributed by atoms with van der Waals surface area (Å²) in [5, 5.41) is 10.5. The molecular weight excluding hydrogens is 316 g/mol. The molecule has 2 fully saturated rings. The number of carbonyl (C=O) groups is 2. The van der Waals surface area contributed by atoms with Crippen molar-refractivity contribution >= 4 is 12.3 Å². The van der Waals surface area contributed by atoms with E-state index in [9.17, 15) is 14.7 Å². The first-order valence-corrected chi connectivity index (χ1v) is 9.55. The summed E-state index contributed by atoms with van der Waals surface area (Å²) in [6.45, 7) is 8.63. The smallest absolute Gasteiger partial charge is 0.330 e. The van der Waals surface area contributed by atoms with Gasteiger partial charge in [-0.1, -0.05) is 26.3 Å². The highest BCUT2D eigenvalue weighted by Gasteiger charge is 2.56. The Morgan fingerprint density at radius 3 is 2.52 bits per heavy atom. The monoisotopic (exact) mass is 350 g/mol. The lowest BCUT2D eigenvalue weighted by atomic mass is 9.45. The first kappa shape index (κ1) is 20.2. The van der Waals surface area contributed by atoms with E-state index < -0.39 is 0 Å². The Morgan fingerprint density at radius 2 is 1.92 bits per heavy atom. The largest absolute Gasteiger partial charge is 0.466 e. The molecule has 142 valence electrons. The second kappa shape index (κ2) is 7.61. The van der Waals surface area contributed by atoms with Crippen LogP contribution < -0.4 is 0 Å². The summed E-state index contributed by atoms with van der Waals surface area (Å²) in [6, 6.07) is 0. The molecule has 2 aliphatic rings. The van der Waals surface area contributed by atoms with Crippen LogP contribution in [0.3, 0.4) is 0 Å². The molecule has 25 heavy (non-hydrogen) atoms. The number of carbonyl (C=O) groups excluding carboxylic acids is 2. The fraction of sp³-hybridized carbons (Fsp3) is 0.810. The van der Waals surface area contributed by atoms with Crippen molar-refractivity contribution in [3.63, 3.8) is 0 Å². The van der Waals surface area contributed by atoms with Crippen LogP contribution >= 0.6 is 0 Å². The number of hydrogen-bond acceptors (Lipinski definition) is 4. The number of methoxy groups -OCH3 is 1. The molecule has 0 spiro atoms. The highest BCUT2D eigenvalue weighted by Crippen LogP contribution is 2.61. The van der Waals surface area contributed by atoms with E-state index >= 15 is 0 Å². The molecule has 4 heteroatoms. The van der Waals surface area contributed by atoms with Gasteiger partial charge in [0.2, 0.25) is 0 Å². The molecule has 0 heterocycles. The van der Waals surface area contributed by atoms with Crippen molar-refractivity contribution in [3.8, 4) is 0 Å². The molecule has 0 unspecified atom stereocenters. The zero-order valence-corrected chi connectivity index (χ0v) is 16.4. The molecule has 0 saturated heterocycles. The minimum Gasteiger partial charge on any atom is -0.466 e. The molecule has 2 rings (SSSR count). The van der Waals surface area contributed by atoms with E-state index in [1.54, 1.807) is 6.08 Å². The minimum absolute atomic E-state index is 0.0676. The zero-order chi connectivity index (χ0) is 18.8. The lowest BCUT2D eigenvalue weighted by molar-refractivity contribution is -0.155. The number of aliphatic hydroxyl groups is 1. The quantitative estimate of drug-likeness (QED) is 0.464. The van der Waals surface area contributed by atoms with Crippen LogP contribution in [0, 0.1) is 28.6 Å². The van der Waals surface area contributed by atoms with Gasteiger partial charge in [0.15, 0.2) is 0 Å². The Morgan fingerprint density at radius 1 is 1.24 bits per heavy atom. The zero-order valence-electron chi connectivity index (χ0n) is 16.4. The predicted molar refractivity (Wildman–Crippen MR) is 97.9 cm³/mol. The van der Waals surface area contributed by atoms with Gasteiger partial charge in [0, 0.05) is 12.0 Å². The molecule has 2 saturated carbocycles. The number of aliphatic hydroxyl groups excluding tert-OH is 1. The van der Waals surface area contributed by atoms with Crippen LogP contribution in [0.25, 0.3) is 0 Å². The molecule has 0 amide bonds. The van der Waals surface area contributed by atoms with Gasteiger partial charge in [-0.3, -0.25) is 0 Å². The van der Waals surface area contributed by atoms with Gasteiger partial charge in [-0.2, -0.15) is 0 Å². The molecular formula is C21H34O4. The number of hydrogen-bond donors (Lipinski definition) is 1. The number of allylic oxidation sites excluding steroid dienone is 1. The SMILES string of the molecule is COC(=O)/C=C(/C)CC[C@@H]1[C@@H](C=O)CC[C@@H]2C(C)(C)[C@H](O)CC[C@@]12C. The van der Waals surface area contributed by atoms with Crippen LogP contribution in [-0.4, -0.2) is 30.6 Å². The summed E-state index contributed by atoms with van der Waals surface area (Å²) in [7, 11) is 1.39. The lowest BCUT2D eigenvalue weighted by Gasteiger charge is -2.60.